The summed E-state index contributed by atoms with van der Waals surface area (Å²) in [6.45, 7) is 0. The van der Waals surface area contributed by atoms with Crippen LogP contribution in [0.4, 0.5) is 0 Å². The van der Waals surface area contributed by atoms with Gasteiger partial charge in [0.05, 0.1) is 0 Å². The topological polar surface area (TPSA) is 0 Å². The van der Waals surface area contributed by atoms with Crippen molar-refractivity contribution in [2.24, 2.45) is 5.41 Å². The summed E-state index contributed by atoms with van der Waals surface area (Å²) in [5.41, 5.74) is 13.1. The highest BCUT2D eigenvalue weighted by Gasteiger charge is 2.47. The molecule has 182 valence electrons. The molecule has 0 bridgehead atoms. The predicted octanol–water partition coefficient (Wildman–Crippen LogP) is 10.4. The summed E-state index contributed by atoms with van der Waals surface area (Å²) >= 11 is 0. The Morgan fingerprint density at radius 1 is 0.541 bits per heavy atom. The third-order valence-electron chi connectivity index (χ3n) is 9.19. The van der Waals surface area contributed by atoms with Crippen LogP contribution in [-0.2, 0) is 0 Å². The zero-order valence-corrected chi connectivity index (χ0v) is 21.5. The first-order valence-electron chi connectivity index (χ1n) is 14.1. The van der Waals surface area contributed by atoms with E-state index in [1.165, 1.54) is 83.0 Å². The van der Waals surface area contributed by atoms with Gasteiger partial charge in [0.1, 0.15) is 0 Å². The number of benzene rings is 4. The highest BCUT2D eigenvalue weighted by Crippen LogP contribution is 2.61. The van der Waals surface area contributed by atoms with Gasteiger partial charge in [-0.15, -0.1) is 0 Å². The van der Waals surface area contributed by atoms with Gasteiger partial charge in [-0.2, -0.15) is 0 Å². The van der Waals surface area contributed by atoms with Crippen LogP contribution < -0.4 is 0 Å². The van der Waals surface area contributed by atoms with Crippen molar-refractivity contribution in [2.75, 3.05) is 0 Å². The molecule has 0 radical (unpaired) electrons. The Bertz CT molecular complexity index is 1390. The Balaban J connectivity index is 1.46. The van der Waals surface area contributed by atoms with E-state index in [9.17, 15) is 0 Å². The lowest BCUT2D eigenvalue weighted by Crippen LogP contribution is -2.30. The lowest BCUT2D eigenvalue weighted by Gasteiger charge is -2.42. The monoisotopic (exact) mass is 478 g/mol. The number of allylic oxidation sites excluding steroid dienone is 4. The van der Waals surface area contributed by atoms with Gasteiger partial charge in [-0.05, 0) is 75.9 Å². The molecule has 3 aliphatic carbocycles. The maximum atomic E-state index is 2.53. The minimum atomic E-state index is 0.185. The van der Waals surface area contributed by atoms with Crippen molar-refractivity contribution in [2.45, 2.75) is 50.9 Å². The molecule has 3 aliphatic rings. The quantitative estimate of drug-likeness (QED) is 0.256. The summed E-state index contributed by atoms with van der Waals surface area (Å²) in [5, 5.41) is 0. The minimum Gasteiger partial charge on any atom is -0.0804 e. The number of fused-ring (bicyclic) bond motifs is 3. The molecule has 7 rings (SSSR count). The molecular formula is C37H34. The van der Waals surface area contributed by atoms with Gasteiger partial charge in [-0.1, -0.05) is 134 Å². The summed E-state index contributed by atoms with van der Waals surface area (Å²) < 4.78 is 0. The van der Waals surface area contributed by atoms with Crippen LogP contribution in [0.2, 0.25) is 0 Å². The van der Waals surface area contributed by atoms with Crippen molar-refractivity contribution in [3.8, 4) is 33.4 Å². The van der Waals surface area contributed by atoms with E-state index in [0.29, 0.717) is 5.92 Å². The summed E-state index contributed by atoms with van der Waals surface area (Å²) in [6, 6.07) is 36.4. The van der Waals surface area contributed by atoms with Crippen LogP contribution >= 0.6 is 0 Å². The van der Waals surface area contributed by atoms with Crippen LogP contribution in [0.25, 0.3) is 33.4 Å². The molecule has 0 N–H and O–H groups in total. The first kappa shape index (κ1) is 22.5. The standard InChI is InChI=1S/C37H34/c1-2-12-24-37(23-11-1,31-17-9-10-18-31)36-34-25-29(27-13-5-3-6-14-27)19-21-32(34)33-22-20-30(26-35(33)36)28-15-7-4-8-16-28/h3-10,13-17,19-22,25-26,36H,1-2,11-12,18,23-24H2. The van der Waals surface area contributed by atoms with Gasteiger partial charge in [0.2, 0.25) is 0 Å². The Kier molecular flexibility index (Phi) is 5.69. The number of hydrogen-bond acceptors (Lipinski definition) is 0. The molecule has 0 nitrogen and oxygen atoms in total. The molecule has 0 atom stereocenters. The van der Waals surface area contributed by atoms with E-state index in [4.69, 9.17) is 0 Å². The van der Waals surface area contributed by atoms with Gasteiger partial charge < -0.3 is 0 Å². The molecule has 0 aliphatic heterocycles. The molecule has 0 unspecified atom stereocenters. The first-order chi connectivity index (χ1) is 18.3. The molecule has 4 aromatic carbocycles. The van der Waals surface area contributed by atoms with Crippen LogP contribution in [0.1, 0.15) is 62.0 Å². The maximum absolute atomic E-state index is 2.53. The average Bonchev–Trinajstić information content (AvgIpc) is 3.55. The van der Waals surface area contributed by atoms with Crippen molar-refractivity contribution < 1.29 is 0 Å². The molecule has 1 fully saturated rings. The summed E-state index contributed by atoms with van der Waals surface area (Å²) in [5.74, 6) is 0.397. The molecule has 0 heterocycles. The van der Waals surface area contributed by atoms with E-state index in [1.807, 2.05) is 0 Å². The fourth-order valence-electron chi connectivity index (χ4n) is 7.45. The van der Waals surface area contributed by atoms with Gasteiger partial charge in [-0.3, -0.25) is 0 Å². The van der Waals surface area contributed by atoms with Gasteiger partial charge >= 0.3 is 0 Å². The second-order valence-corrected chi connectivity index (χ2v) is 11.2. The Morgan fingerprint density at radius 2 is 1.08 bits per heavy atom. The minimum absolute atomic E-state index is 0.185. The molecular weight excluding hydrogens is 444 g/mol. The second kappa shape index (κ2) is 9.34. The largest absolute Gasteiger partial charge is 0.0804 e. The Hall–Kier alpha value is -3.64. The van der Waals surface area contributed by atoms with Crippen molar-refractivity contribution in [3.05, 3.63) is 132 Å². The fraction of sp³-hybridized carbons (Fsp3) is 0.243. The van der Waals surface area contributed by atoms with Gasteiger partial charge in [0, 0.05) is 11.3 Å². The lowest BCUT2D eigenvalue weighted by molar-refractivity contribution is 0.266. The molecule has 0 aromatic heterocycles. The Morgan fingerprint density at radius 3 is 1.57 bits per heavy atom. The third kappa shape index (κ3) is 3.82. The molecule has 0 saturated heterocycles. The van der Waals surface area contributed by atoms with Gasteiger partial charge in [-0.25, -0.2) is 0 Å². The van der Waals surface area contributed by atoms with Crippen LogP contribution in [-0.4, -0.2) is 0 Å². The summed E-state index contributed by atoms with van der Waals surface area (Å²) in [7, 11) is 0. The molecule has 0 amide bonds. The molecule has 0 heteroatoms. The van der Waals surface area contributed by atoms with E-state index in [-0.39, 0.29) is 5.41 Å². The fourth-order valence-corrected chi connectivity index (χ4v) is 7.45. The zero-order chi connectivity index (χ0) is 24.7. The Labute approximate surface area is 221 Å². The van der Waals surface area contributed by atoms with Gasteiger partial charge in [0.15, 0.2) is 0 Å². The van der Waals surface area contributed by atoms with Crippen LogP contribution in [0, 0.1) is 5.41 Å². The van der Waals surface area contributed by atoms with Crippen molar-refractivity contribution in [3.63, 3.8) is 0 Å². The first-order valence-corrected chi connectivity index (χ1v) is 14.1. The molecule has 0 spiro atoms. The highest BCUT2D eigenvalue weighted by atomic mass is 14.5. The number of hydrogen-bond donors (Lipinski definition) is 0. The molecule has 1 saturated carbocycles. The predicted molar refractivity (Wildman–Crippen MR) is 157 cm³/mol. The van der Waals surface area contributed by atoms with Crippen LogP contribution in [0.3, 0.4) is 0 Å². The zero-order valence-electron chi connectivity index (χ0n) is 21.5. The van der Waals surface area contributed by atoms with Crippen molar-refractivity contribution in [1.29, 1.82) is 0 Å². The van der Waals surface area contributed by atoms with E-state index < -0.39 is 0 Å². The molecule has 37 heavy (non-hydrogen) atoms. The van der Waals surface area contributed by atoms with Gasteiger partial charge in [0.25, 0.3) is 0 Å². The summed E-state index contributed by atoms with van der Waals surface area (Å²) in [4.78, 5) is 0. The summed E-state index contributed by atoms with van der Waals surface area (Å²) in [6.07, 6.45) is 16.2. The van der Waals surface area contributed by atoms with E-state index in [0.717, 1.165) is 6.42 Å². The van der Waals surface area contributed by atoms with Crippen molar-refractivity contribution in [1.82, 2.24) is 0 Å². The lowest BCUT2D eigenvalue weighted by atomic mass is 9.61. The van der Waals surface area contributed by atoms with Crippen LogP contribution in [0.15, 0.2) is 121 Å². The highest BCUT2D eigenvalue weighted by molar-refractivity contribution is 5.85. The van der Waals surface area contributed by atoms with E-state index in [2.05, 4.69) is 115 Å². The third-order valence-corrected chi connectivity index (χ3v) is 9.19. The van der Waals surface area contributed by atoms with Crippen LogP contribution in [0.5, 0.6) is 0 Å². The second-order valence-electron chi connectivity index (χ2n) is 11.2. The average molecular weight is 479 g/mol. The maximum Gasteiger partial charge on any atom is 0.0196 e. The van der Waals surface area contributed by atoms with E-state index in [1.54, 1.807) is 5.57 Å². The number of rotatable bonds is 4. The smallest absolute Gasteiger partial charge is 0.0196 e. The SMILES string of the molecule is C1=CCC(C2(C3c4cc(-c5ccccc5)ccc4-c4ccc(-c5ccccc5)cc43)CCCCCC2)=C1. The van der Waals surface area contributed by atoms with Crippen molar-refractivity contribution >= 4 is 0 Å². The normalized spacial score (nSPS) is 18.2. The molecule has 4 aromatic rings. The van der Waals surface area contributed by atoms with E-state index >= 15 is 0 Å².